The van der Waals surface area contributed by atoms with E-state index in [4.69, 9.17) is 0 Å². The minimum absolute atomic E-state index is 0.0530. The van der Waals surface area contributed by atoms with E-state index >= 15 is 0 Å². The zero-order valence-corrected chi connectivity index (χ0v) is 10.7. The van der Waals surface area contributed by atoms with E-state index in [0.717, 1.165) is 0 Å². The summed E-state index contributed by atoms with van der Waals surface area (Å²) < 4.78 is 0. The lowest BCUT2D eigenvalue weighted by Crippen LogP contribution is -2.19. The Labute approximate surface area is 106 Å². The van der Waals surface area contributed by atoms with Gasteiger partial charge in [0.15, 0.2) is 0 Å². The van der Waals surface area contributed by atoms with Crippen molar-refractivity contribution in [2.75, 3.05) is 5.32 Å². The van der Waals surface area contributed by atoms with E-state index in [1.165, 1.54) is 6.21 Å². The fraction of sp³-hybridized carbons (Fsp3) is 0.308. The molecule has 1 aromatic rings. The van der Waals surface area contributed by atoms with Gasteiger partial charge in [-0.15, -0.1) is 0 Å². The van der Waals surface area contributed by atoms with Crippen LogP contribution >= 0.6 is 0 Å². The molecule has 1 rings (SSSR count). The summed E-state index contributed by atoms with van der Waals surface area (Å²) in [4.78, 5) is 23.0. The molecule has 96 valence electrons. The van der Waals surface area contributed by atoms with Gasteiger partial charge in [0, 0.05) is 23.4 Å². The van der Waals surface area contributed by atoms with Crippen LogP contribution < -0.4 is 10.7 Å². The predicted molar refractivity (Wildman–Crippen MR) is 71.5 cm³/mol. The van der Waals surface area contributed by atoms with Gasteiger partial charge in [-0.25, -0.2) is 5.43 Å². The molecular weight excluding hydrogens is 230 g/mol. The lowest BCUT2D eigenvalue weighted by Gasteiger charge is -2.08. The van der Waals surface area contributed by atoms with Crippen molar-refractivity contribution in [2.45, 2.75) is 20.8 Å². The van der Waals surface area contributed by atoms with Gasteiger partial charge < -0.3 is 5.32 Å². The molecular formula is C13H17N3O2. The number of nitrogens with zero attached hydrogens (tertiary/aromatic N) is 1. The van der Waals surface area contributed by atoms with Gasteiger partial charge >= 0.3 is 0 Å². The third kappa shape index (κ3) is 4.01. The van der Waals surface area contributed by atoms with Crippen molar-refractivity contribution in [3.8, 4) is 0 Å². The van der Waals surface area contributed by atoms with E-state index in [1.54, 1.807) is 31.2 Å². The summed E-state index contributed by atoms with van der Waals surface area (Å²) in [5.74, 6) is -0.413. The van der Waals surface area contributed by atoms with Gasteiger partial charge in [-0.05, 0) is 31.2 Å². The standard InChI is InChI=1S/C13H17N3O2/c1-4-14-16-13(18)10-5-7-11(8-6-10)15-12(17)9(2)3/h4-9H,1-3H3,(H,15,17)(H,16,18)/b14-4+. The number of carbonyl (C=O) groups excluding carboxylic acids is 2. The molecule has 1 aromatic carbocycles. The van der Waals surface area contributed by atoms with E-state index in [1.807, 2.05) is 13.8 Å². The van der Waals surface area contributed by atoms with Gasteiger partial charge in [0.05, 0.1) is 0 Å². The second-order valence-corrected chi connectivity index (χ2v) is 4.05. The highest BCUT2D eigenvalue weighted by Gasteiger charge is 2.08. The van der Waals surface area contributed by atoms with Crippen LogP contribution in [0, 0.1) is 5.92 Å². The van der Waals surface area contributed by atoms with Crippen LogP contribution in [0.1, 0.15) is 31.1 Å². The molecule has 0 spiro atoms. The minimum atomic E-state index is -0.283. The molecule has 0 saturated carbocycles. The molecule has 2 amide bonds. The summed E-state index contributed by atoms with van der Waals surface area (Å²) in [6.45, 7) is 5.35. The first-order chi connectivity index (χ1) is 8.54. The highest BCUT2D eigenvalue weighted by atomic mass is 16.2. The molecule has 0 radical (unpaired) electrons. The monoisotopic (exact) mass is 247 g/mol. The molecule has 0 aliphatic carbocycles. The molecule has 0 saturated heterocycles. The Balaban J connectivity index is 2.68. The smallest absolute Gasteiger partial charge is 0.271 e. The average Bonchev–Trinajstić information content (AvgIpc) is 2.36. The Morgan fingerprint density at radius 2 is 1.83 bits per heavy atom. The number of amides is 2. The lowest BCUT2D eigenvalue weighted by molar-refractivity contribution is -0.118. The molecule has 0 aliphatic rings. The zero-order valence-electron chi connectivity index (χ0n) is 10.7. The van der Waals surface area contributed by atoms with Crippen molar-refractivity contribution >= 4 is 23.7 Å². The first kappa shape index (κ1) is 13.9. The molecule has 18 heavy (non-hydrogen) atoms. The number of anilines is 1. The number of hydrazone groups is 1. The Kier molecular flexibility index (Phi) is 5.05. The SMILES string of the molecule is C/C=N/NC(=O)c1ccc(NC(=O)C(C)C)cc1. The van der Waals surface area contributed by atoms with Crippen molar-refractivity contribution < 1.29 is 9.59 Å². The number of hydrogen-bond acceptors (Lipinski definition) is 3. The maximum Gasteiger partial charge on any atom is 0.271 e. The van der Waals surface area contributed by atoms with Crippen molar-refractivity contribution in [3.63, 3.8) is 0 Å². The van der Waals surface area contributed by atoms with Crippen LogP contribution in [-0.4, -0.2) is 18.0 Å². The Morgan fingerprint density at radius 3 is 2.33 bits per heavy atom. The fourth-order valence-electron chi connectivity index (χ4n) is 1.18. The molecule has 5 heteroatoms. The summed E-state index contributed by atoms with van der Waals surface area (Å²) in [5.41, 5.74) is 3.53. The highest BCUT2D eigenvalue weighted by Crippen LogP contribution is 2.10. The van der Waals surface area contributed by atoms with Crippen molar-refractivity contribution in [1.29, 1.82) is 0 Å². The Hall–Kier alpha value is -2.17. The Morgan fingerprint density at radius 1 is 1.22 bits per heavy atom. The van der Waals surface area contributed by atoms with Gasteiger partial charge in [-0.2, -0.15) is 5.10 Å². The molecule has 0 aliphatic heterocycles. The summed E-state index contributed by atoms with van der Waals surface area (Å²) in [6.07, 6.45) is 1.50. The number of rotatable bonds is 4. The van der Waals surface area contributed by atoms with E-state index in [0.29, 0.717) is 11.3 Å². The maximum absolute atomic E-state index is 11.5. The normalized spacial score (nSPS) is 10.7. The van der Waals surface area contributed by atoms with E-state index in [2.05, 4.69) is 15.8 Å². The van der Waals surface area contributed by atoms with Gasteiger partial charge in [0.2, 0.25) is 5.91 Å². The van der Waals surface area contributed by atoms with E-state index in [-0.39, 0.29) is 17.7 Å². The van der Waals surface area contributed by atoms with Gasteiger partial charge in [-0.3, -0.25) is 9.59 Å². The van der Waals surface area contributed by atoms with Crippen LogP contribution in [0.4, 0.5) is 5.69 Å². The quantitative estimate of drug-likeness (QED) is 0.631. The first-order valence-electron chi connectivity index (χ1n) is 5.73. The average molecular weight is 247 g/mol. The molecule has 2 N–H and O–H groups in total. The molecule has 0 aromatic heterocycles. The first-order valence-corrected chi connectivity index (χ1v) is 5.73. The van der Waals surface area contributed by atoms with Gasteiger partial charge in [0.25, 0.3) is 5.91 Å². The van der Waals surface area contributed by atoms with Crippen LogP contribution in [0.3, 0.4) is 0 Å². The van der Waals surface area contributed by atoms with E-state index < -0.39 is 0 Å². The minimum Gasteiger partial charge on any atom is -0.326 e. The zero-order chi connectivity index (χ0) is 13.5. The largest absolute Gasteiger partial charge is 0.326 e. The highest BCUT2D eigenvalue weighted by molar-refractivity contribution is 5.96. The second-order valence-electron chi connectivity index (χ2n) is 4.05. The third-order valence-corrected chi connectivity index (χ3v) is 2.23. The van der Waals surface area contributed by atoms with E-state index in [9.17, 15) is 9.59 Å². The molecule has 0 fully saturated rings. The lowest BCUT2D eigenvalue weighted by atomic mass is 10.1. The predicted octanol–water partition coefficient (Wildman–Crippen LogP) is 2.02. The molecule has 0 atom stereocenters. The number of benzene rings is 1. The van der Waals surface area contributed by atoms with Crippen LogP contribution in [-0.2, 0) is 4.79 Å². The van der Waals surface area contributed by atoms with Gasteiger partial charge in [-0.1, -0.05) is 13.8 Å². The number of carbonyl (C=O) groups is 2. The number of nitrogens with one attached hydrogen (secondary N) is 2. The summed E-state index contributed by atoms with van der Waals surface area (Å²) in [6, 6.07) is 6.64. The fourth-order valence-corrected chi connectivity index (χ4v) is 1.18. The van der Waals surface area contributed by atoms with Crippen molar-refractivity contribution in [3.05, 3.63) is 29.8 Å². The van der Waals surface area contributed by atoms with Crippen LogP contribution in [0.5, 0.6) is 0 Å². The summed E-state index contributed by atoms with van der Waals surface area (Å²) in [5, 5.41) is 6.40. The molecule has 0 bridgehead atoms. The van der Waals surface area contributed by atoms with Crippen molar-refractivity contribution in [2.24, 2.45) is 11.0 Å². The van der Waals surface area contributed by atoms with Crippen molar-refractivity contribution in [1.82, 2.24) is 5.43 Å². The topological polar surface area (TPSA) is 70.6 Å². The maximum atomic E-state index is 11.5. The van der Waals surface area contributed by atoms with Crippen LogP contribution in [0.25, 0.3) is 0 Å². The molecule has 5 nitrogen and oxygen atoms in total. The second kappa shape index (κ2) is 6.54. The number of hydrogen-bond donors (Lipinski definition) is 2. The third-order valence-electron chi connectivity index (χ3n) is 2.23. The van der Waals surface area contributed by atoms with Crippen LogP contribution in [0.15, 0.2) is 29.4 Å². The molecule has 0 unspecified atom stereocenters. The summed E-state index contributed by atoms with van der Waals surface area (Å²) >= 11 is 0. The Bertz CT molecular complexity index is 450. The summed E-state index contributed by atoms with van der Waals surface area (Å²) in [7, 11) is 0. The van der Waals surface area contributed by atoms with Crippen LogP contribution in [0.2, 0.25) is 0 Å². The van der Waals surface area contributed by atoms with Gasteiger partial charge in [0.1, 0.15) is 0 Å². The molecule has 0 heterocycles.